The van der Waals surface area contributed by atoms with Crippen LogP contribution in [0.1, 0.15) is 10.4 Å². The first-order valence-corrected chi connectivity index (χ1v) is 5.74. The van der Waals surface area contributed by atoms with E-state index in [1.807, 2.05) is 0 Å². The van der Waals surface area contributed by atoms with Crippen molar-refractivity contribution in [2.75, 3.05) is 14.2 Å². The lowest BCUT2D eigenvalue weighted by Gasteiger charge is -2.10. The van der Waals surface area contributed by atoms with E-state index in [1.165, 1.54) is 25.3 Å². The molecule has 0 fully saturated rings. The van der Waals surface area contributed by atoms with E-state index >= 15 is 0 Å². The van der Waals surface area contributed by atoms with Crippen LogP contribution >= 0.6 is 0 Å². The first-order valence-electron chi connectivity index (χ1n) is 4.20. The highest BCUT2D eigenvalue weighted by Gasteiger charge is 2.24. The maximum Gasteiger partial charge on any atom is 0.339 e. The second-order valence-electron chi connectivity index (χ2n) is 2.87. The predicted octanol–water partition coefficient (Wildman–Crippen LogP) is 0.129. The van der Waals surface area contributed by atoms with Crippen LogP contribution < -0.4 is 9.88 Å². The summed E-state index contributed by atoms with van der Waals surface area (Å²) in [6, 6.07) is 4.17. The lowest BCUT2D eigenvalue weighted by Crippen LogP contribution is -2.18. The standard InChI is InChI=1S/C9H11NO5S/c1-14-7-5-3-4-6(9(11)15-2)8(7)16(10,12)13/h3-5H,1-2H3,(H2,10,12,13). The number of hydrogen-bond donors (Lipinski definition) is 1. The number of carbonyl (C=O) groups is 1. The number of nitrogens with two attached hydrogens (primary N) is 1. The minimum Gasteiger partial charge on any atom is -0.495 e. The third kappa shape index (κ3) is 2.31. The van der Waals surface area contributed by atoms with E-state index in [9.17, 15) is 13.2 Å². The van der Waals surface area contributed by atoms with Crippen molar-refractivity contribution in [1.29, 1.82) is 0 Å². The highest BCUT2D eigenvalue weighted by atomic mass is 32.2. The molecule has 2 N–H and O–H groups in total. The molecular weight excluding hydrogens is 234 g/mol. The van der Waals surface area contributed by atoms with Crippen molar-refractivity contribution < 1.29 is 22.7 Å². The molecule has 16 heavy (non-hydrogen) atoms. The van der Waals surface area contributed by atoms with Crippen molar-refractivity contribution in [2.24, 2.45) is 5.14 Å². The molecule has 0 aliphatic carbocycles. The Kier molecular flexibility index (Phi) is 3.51. The number of benzene rings is 1. The van der Waals surface area contributed by atoms with Gasteiger partial charge in [-0.15, -0.1) is 0 Å². The van der Waals surface area contributed by atoms with Gasteiger partial charge >= 0.3 is 5.97 Å². The highest BCUT2D eigenvalue weighted by molar-refractivity contribution is 7.89. The molecule has 7 heteroatoms. The van der Waals surface area contributed by atoms with Gasteiger partial charge in [0, 0.05) is 0 Å². The summed E-state index contributed by atoms with van der Waals surface area (Å²) in [5, 5.41) is 5.01. The summed E-state index contributed by atoms with van der Waals surface area (Å²) < 4.78 is 32.0. The molecule has 0 saturated heterocycles. The molecule has 6 nitrogen and oxygen atoms in total. The number of hydrogen-bond acceptors (Lipinski definition) is 5. The molecule has 0 spiro atoms. The van der Waals surface area contributed by atoms with Gasteiger partial charge in [-0.1, -0.05) is 6.07 Å². The number of carbonyl (C=O) groups excluding carboxylic acids is 1. The highest BCUT2D eigenvalue weighted by Crippen LogP contribution is 2.26. The number of rotatable bonds is 3. The molecule has 0 bridgehead atoms. The average molecular weight is 245 g/mol. The van der Waals surface area contributed by atoms with Crippen LogP contribution in [0.4, 0.5) is 0 Å². The Morgan fingerprint density at radius 1 is 1.31 bits per heavy atom. The van der Waals surface area contributed by atoms with Gasteiger partial charge in [-0.25, -0.2) is 18.4 Å². The Bertz CT molecular complexity index is 509. The quantitative estimate of drug-likeness (QED) is 0.763. The lowest BCUT2D eigenvalue weighted by atomic mass is 10.2. The first-order chi connectivity index (χ1) is 7.41. The van der Waals surface area contributed by atoms with Crippen LogP contribution in [0.15, 0.2) is 23.1 Å². The SMILES string of the molecule is COC(=O)c1cccc(OC)c1S(N)(=O)=O. The summed E-state index contributed by atoms with van der Waals surface area (Å²) in [7, 11) is -1.63. The number of methoxy groups -OCH3 is 2. The fourth-order valence-corrected chi connectivity index (χ4v) is 2.13. The number of sulfonamides is 1. The summed E-state index contributed by atoms with van der Waals surface area (Å²) in [5.74, 6) is -0.784. The molecule has 0 unspecified atom stereocenters. The molecule has 0 heterocycles. The third-order valence-corrected chi connectivity index (χ3v) is 2.88. The van der Waals surface area contributed by atoms with Crippen LogP contribution in [0.3, 0.4) is 0 Å². The molecule has 0 saturated carbocycles. The van der Waals surface area contributed by atoms with Gasteiger partial charge in [0.2, 0.25) is 10.0 Å². The summed E-state index contributed by atoms with van der Waals surface area (Å²) in [4.78, 5) is 11.0. The monoisotopic (exact) mass is 245 g/mol. The van der Waals surface area contributed by atoms with E-state index in [-0.39, 0.29) is 16.2 Å². The van der Waals surface area contributed by atoms with Crippen LogP contribution in [0.5, 0.6) is 5.75 Å². The molecule has 0 atom stereocenters. The van der Waals surface area contributed by atoms with Crippen LogP contribution in [0, 0.1) is 0 Å². The normalized spacial score (nSPS) is 10.9. The minimum atomic E-state index is -4.06. The van der Waals surface area contributed by atoms with E-state index in [1.54, 1.807) is 0 Å². The number of ether oxygens (including phenoxy) is 2. The van der Waals surface area contributed by atoms with Crippen LogP contribution in [0.2, 0.25) is 0 Å². The summed E-state index contributed by atoms with van der Waals surface area (Å²) in [5.41, 5.74) is -0.149. The average Bonchev–Trinajstić information content (AvgIpc) is 2.25. The fourth-order valence-electron chi connectivity index (χ4n) is 1.24. The Morgan fingerprint density at radius 3 is 2.38 bits per heavy atom. The van der Waals surface area contributed by atoms with E-state index in [4.69, 9.17) is 9.88 Å². The topological polar surface area (TPSA) is 95.7 Å². The molecule has 0 amide bonds. The van der Waals surface area contributed by atoms with Crippen molar-refractivity contribution in [1.82, 2.24) is 0 Å². The third-order valence-electron chi connectivity index (χ3n) is 1.89. The lowest BCUT2D eigenvalue weighted by molar-refractivity contribution is 0.0595. The first kappa shape index (κ1) is 12.5. The van der Waals surface area contributed by atoms with Crippen molar-refractivity contribution in [3.63, 3.8) is 0 Å². The zero-order valence-corrected chi connectivity index (χ0v) is 9.58. The Morgan fingerprint density at radius 2 is 1.94 bits per heavy atom. The van der Waals surface area contributed by atoms with Gasteiger partial charge in [0.05, 0.1) is 19.8 Å². The zero-order valence-electron chi connectivity index (χ0n) is 8.76. The van der Waals surface area contributed by atoms with Gasteiger partial charge in [0.1, 0.15) is 10.6 Å². The Balaban J connectivity index is 3.57. The van der Waals surface area contributed by atoms with Gasteiger partial charge in [0.15, 0.2) is 0 Å². The van der Waals surface area contributed by atoms with Crippen LogP contribution in [-0.4, -0.2) is 28.6 Å². The van der Waals surface area contributed by atoms with E-state index in [0.717, 1.165) is 7.11 Å². The van der Waals surface area contributed by atoms with Gasteiger partial charge in [-0.3, -0.25) is 0 Å². The maximum absolute atomic E-state index is 11.4. The van der Waals surface area contributed by atoms with Gasteiger partial charge < -0.3 is 9.47 Å². The largest absolute Gasteiger partial charge is 0.495 e. The molecule has 0 aliphatic heterocycles. The van der Waals surface area contributed by atoms with E-state index < -0.39 is 16.0 Å². The van der Waals surface area contributed by atoms with E-state index in [2.05, 4.69) is 4.74 Å². The Hall–Kier alpha value is -1.60. The van der Waals surface area contributed by atoms with Gasteiger partial charge in [-0.2, -0.15) is 0 Å². The van der Waals surface area contributed by atoms with Crippen LogP contribution in [-0.2, 0) is 14.8 Å². The molecule has 88 valence electrons. The minimum absolute atomic E-state index is 0.00500. The van der Waals surface area contributed by atoms with Crippen molar-refractivity contribution in [3.8, 4) is 5.75 Å². The fraction of sp³-hybridized carbons (Fsp3) is 0.222. The second kappa shape index (κ2) is 4.50. The summed E-state index contributed by atoms with van der Waals surface area (Å²) in [6.45, 7) is 0. The van der Waals surface area contributed by atoms with E-state index in [0.29, 0.717) is 0 Å². The second-order valence-corrected chi connectivity index (χ2v) is 4.37. The van der Waals surface area contributed by atoms with Crippen molar-refractivity contribution >= 4 is 16.0 Å². The smallest absolute Gasteiger partial charge is 0.339 e. The van der Waals surface area contributed by atoms with Crippen molar-refractivity contribution in [3.05, 3.63) is 23.8 Å². The van der Waals surface area contributed by atoms with Gasteiger partial charge in [-0.05, 0) is 12.1 Å². The Labute approximate surface area is 93.0 Å². The number of primary sulfonamides is 1. The van der Waals surface area contributed by atoms with Gasteiger partial charge in [0.25, 0.3) is 0 Å². The molecule has 0 aromatic heterocycles. The molecule has 0 radical (unpaired) electrons. The zero-order chi connectivity index (χ0) is 12.3. The summed E-state index contributed by atoms with van der Waals surface area (Å²) >= 11 is 0. The molecule has 1 rings (SSSR count). The number of esters is 1. The maximum atomic E-state index is 11.4. The summed E-state index contributed by atoms with van der Waals surface area (Å²) in [6.07, 6.45) is 0. The molecular formula is C9H11NO5S. The molecule has 1 aromatic rings. The molecule has 0 aliphatic rings. The molecule has 1 aromatic carbocycles. The van der Waals surface area contributed by atoms with Crippen molar-refractivity contribution in [2.45, 2.75) is 4.90 Å². The predicted molar refractivity (Wildman–Crippen MR) is 55.7 cm³/mol. The van der Waals surface area contributed by atoms with Crippen LogP contribution in [0.25, 0.3) is 0 Å².